The van der Waals surface area contributed by atoms with Crippen LogP contribution in [-0.2, 0) is 6.54 Å². The van der Waals surface area contributed by atoms with Crippen LogP contribution in [0.25, 0.3) is 0 Å². The van der Waals surface area contributed by atoms with Crippen LogP contribution < -0.4 is 5.56 Å². The molecule has 5 heteroatoms. The number of halogens is 1. The minimum Gasteiger partial charge on any atom is -0.292 e. The van der Waals surface area contributed by atoms with Gasteiger partial charge in [-0.1, -0.05) is 0 Å². The lowest BCUT2D eigenvalue weighted by molar-refractivity contribution is 0.619. The molecule has 0 aliphatic rings. The minimum absolute atomic E-state index is 0.187. The predicted octanol–water partition coefficient (Wildman–Crippen LogP) is 1.92. The zero-order valence-corrected chi connectivity index (χ0v) is 10.6. The number of hydrogen-bond donors (Lipinski definition) is 0. The molecular weight excluding hydrogens is 245 g/mol. The molecule has 2 rings (SSSR count). The Bertz CT molecular complexity index is 728. The van der Waals surface area contributed by atoms with Gasteiger partial charge in [0.1, 0.15) is 11.6 Å². The van der Waals surface area contributed by atoms with E-state index in [-0.39, 0.29) is 17.7 Å². The summed E-state index contributed by atoms with van der Waals surface area (Å²) in [5, 5.41) is 8.80. The van der Waals surface area contributed by atoms with Crippen LogP contribution in [0.1, 0.15) is 22.6 Å². The summed E-state index contributed by atoms with van der Waals surface area (Å²) in [6.45, 7) is 3.66. The van der Waals surface area contributed by atoms with E-state index in [4.69, 9.17) is 5.26 Å². The maximum atomic E-state index is 13.3. The average molecular weight is 257 g/mol. The van der Waals surface area contributed by atoms with Crippen molar-refractivity contribution in [3.63, 3.8) is 0 Å². The Morgan fingerprint density at radius 1 is 1.32 bits per heavy atom. The Kier molecular flexibility index (Phi) is 3.43. The lowest BCUT2D eigenvalue weighted by Crippen LogP contribution is -2.24. The van der Waals surface area contributed by atoms with Gasteiger partial charge in [0.15, 0.2) is 0 Å². The van der Waals surface area contributed by atoms with Gasteiger partial charge in [0.05, 0.1) is 18.2 Å². The average Bonchev–Trinajstić information content (AvgIpc) is 2.33. The second-order valence-corrected chi connectivity index (χ2v) is 4.33. The van der Waals surface area contributed by atoms with Gasteiger partial charge in [-0.05, 0) is 37.6 Å². The molecule has 1 heterocycles. The van der Waals surface area contributed by atoms with E-state index in [1.165, 1.54) is 16.7 Å². The van der Waals surface area contributed by atoms with Crippen LogP contribution >= 0.6 is 0 Å². The van der Waals surface area contributed by atoms with Gasteiger partial charge in [-0.25, -0.2) is 9.37 Å². The number of benzene rings is 1. The third-order valence-electron chi connectivity index (χ3n) is 2.75. The minimum atomic E-state index is -0.486. The van der Waals surface area contributed by atoms with E-state index >= 15 is 0 Å². The van der Waals surface area contributed by atoms with Gasteiger partial charge < -0.3 is 0 Å². The van der Waals surface area contributed by atoms with Crippen molar-refractivity contribution >= 4 is 0 Å². The summed E-state index contributed by atoms with van der Waals surface area (Å²) in [5.41, 5.74) is 1.26. The first-order valence-corrected chi connectivity index (χ1v) is 5.74. The maximum Gasteiger partial charge on any atom is 0.254 e. The summed E-state index contributed by atoms with van der Waals surface area (Å²) in [6.07, 6.45) is 0. The van der Waals surface area contributed by atoms with Gasteiger partial charge in [0.2, 0.25) is 0 Å². The Morgan fingerprint density at radius 3 is 2.68 bits per heavy atom. The second-order valence-electron chi connectivity index (χ2n) is 4.33. The van der Waals surface area contributed by atoms with Gasteiger partial charge in [-0.15, -0.1) is 0 Å². The third kappa shape index (κ3) is 2.86. The molecule has 0 spiro atoms. The first-order chi connectivity index (χ1) is 8.99. The number of aryl methyl sites for hydroxylation is 2. The smallest absolute Gasteiger partial charge is 0.254 e. The van der Waals surface area contributed by atoms with E-state index in [2.05, 4.69) is 4.98 Å². The van der Waals surface area contributed by atoms with Crippen LogP contribution in [0, 0.1) is 31.0 Å². The number of nitriles is 1. The van der Waals surface area contributed by atoms with Gasteiger partial charge in [0.25, 0.3) is 5.56 Å². The van der Waals surface area contributed by atoms with Gasteiger partial charge in [0, 0.05) is 11.8 Å². The fourth-order valence-electron chi connectivity index (χ4n) is 1.95. The van der Waals surface area contributed by atoms with Crippen LogP contribution in [0.15, 0.2) is 29.1 Å². The number of aromatic nitrogens is 2. The molecule has 2 aromatic rings. The fraction of sp³-hybridized carbons (Fsp3) is 0.214. The summed E-state index contributed by atoms with van der Waals surface area (Å²) in [5.74, 6) is 0.0765. The highest BCUT2D eigenvalue weighted by Gasteiger charge is 2.06. The number of nitrogens with zero attached hydrogens (tertiary/aromatic N) is 3. The fourth-order valence-corrected chi connectivity index (χ4v) is 1.95. The maximum absolute atomic E-state index is 13.3. The van der Waals surface area contributed by atoms with E-state index in [9.17, 15) is 9.18 Å². The first kappa shape index (κ1) is 13.0. The normalized spacial score (nSPS) is 10.2. The molecule has 0 N–H and O–H groups in total. The molecule has 1 aromatic heterocycles. The van der Waals surface area contributed by atoms with Crippen LogP contribution in [-0.4, -0.2) is 9.55 Å². The van der Waals surface area contributed by atoms with Crippen molar-refractivity contribution in [2.75, 3.05) is 0 Å². The molecule has 0 aliphatic heterocycles. The molecule has 4 nitrogen and oxygen atoms in total. The van der Waals surface area contributed by atoms with Crippen LogP contribution in [0.4, 0.5) is 4.39 Å². The number of rotatable bonds is 2. The number of hydrogen-bond acceptors (Lipinski definition) is 3. The van der Waals surface area contributed by atoms with Gasteiger partial charge >= 0.3 is 0 Å². The molecule has 0 aliphatic carbocycles. The molecule has 0 fully saturated rings. The van der Waals surface area contributed by atoms with Crippen LogP contribution in [0.2, 0.25) is 0 Å². The standard InChI is InChI=1S/C14H12FN3O/c1-9-3-14(19)18(10(2)17-9)8-12-4-11(7-16)5-13(15)6-12/h3-6H,8H2,1-2H3. The van der Waals surface area contributed by atoms with Crippen molar-refractivity contribution in [2.24, 2.45) is 0 Å². The zero-order chi connectivity index (χ0) is 14.0. The molecule has 0 saturated heterocycles. The summed E-state index contributed by atoms with van der Waals surface area (Å²) >= 11 is 0. The summed E-state index contributed by atoms with van der Waals surface area (Å²) in [6, 6.07) is 7.35. The summed E-state index contributed by atoms with van der Waals surface area (Å²) in [4.78, 5) is 16.1. The van der Waals surface area contributed by atoms with E-state index in [1.807, 2.05) is 6.07 Å². The highest BCUT2D eigenvalue weighted by molar-refractivity contribution is 5.33. The molecule has 1 aromatic carbocycles. The predicted molar refractivity (Wildman–Crippen MR) is 68.2 cm³/mol. The molecule has 19 heavy (non-hydrogen) atoms. The van der Waals surface area contributed by atoms with Crippen molar-refractivity contribution in [3.8, 4) is 6.07 Å². The lowest BCUT2D eigenvalue weighted by atomic mass is 10.1. The summed E-state index contributed by atoms with van der Waals surface area (Å²) < 4.78 is 14.8. The largest absolute Gasteiger partial charge is 0.292 e. The lowest BCUT2D eigenvalue weighted by Gasteiger charge is -2.10. The van der Waals surface area contributed by atoms with Crippen molar-refractivity contribution in [3.05, 3.63) is 63.1 Å². The Labute approximate surface area is 109 Å². The molecule has 0 unspecified atom stereocenters. The molecule has 0 radical (unpaired) electrons. The van der Waals surface area contributed by atoms with Crippen molar-refractivity contribution in [1.82, 2.24) is 9.55 Å². The SMILES string of the molecule is Cc1cc(=O)n(Cc2cc(F)cc(C#N)c2)c(C)n1. The van der Waals surface area contributed by atoms with Crippen molar-refractivity contribution < 1.29 is 4.39 Å². The topological polar surface area (TPSA) is 58.7 Å². The molecule has 0 atom stereocenters. The second kappa shape index (κ2) is 5.02. The van der Waals surface area contributed by atoms with E-state index in [0.29, 0.717) is 17.1 Å². The molecule has 0 saturated carbocycles. The highest BCUT2D eigenvalue weighted by atomic mass is 19.1. The van der Waals surface area contributed by atoms with E-state index in [0.717, 1.165) is 6.07 Å². The van der Waals surface area contributed by atoms with Crippen LogP contribution in [0.3, 0.4) is 0 Å². The summed E-state index contributed by atoms with van der Waals surface area (Å²) in [7, 11) is 0. The monoisotopic (exact) mass is 257 g/mol. The molecule has 0 amide bonds. The quantitative estimate of drug-likeness (QED) is 0.825. The van der Waals surface area contributed by atoms with Crippen molar-refractivity contribution in [1.29, 1.82) is 5.26 Å². The molecule has 96 valence electrons. The van der Waals surface area contributed by atoms with Gasteiger partial charge in [-0.2, -0.15) is 5.26 Å². The Balaban J connectivity index is 2.45. The van der Waals surface area contributed by atoms with E-state index < -0.39 is 5.82 Å². The van der Waals surface area contributed by atoms with Gasteiger partial charge in [-0.3, -0.25) is 9.36 Å². The zero-order valence-electron chi connectivity index (χ0n) is 10.6. The molecule has 0 bridgehead atoms. The Morgan fingerprint density at radius 2 is 2.05 bits per heavy atom. The third-order valence-corrected chi connectivity index (χ3v) is 2.75. The Hall–Kier alpha value is -2.48. The first-order valence-electron chi connectivity index (χ1n) is 5.74. The molecular formula is C14H12FN3O. The van der Waals surface area contributed by atoms with Crippen LogP contribution in [0.5, 0.6) is 0 Å². The van der Waals surface area contributed by atoms with E-state index in [1.54, 1.807) is 19.9 Å². The highest BCUT2D eigenvalue weighted by Crippen LogP contribution is 2.10. The van der Waals surface area contributed by atoms with Crippen molar-refractivity contribution in [2.45, 2.75) is 20.4 Å².